The van der Waals surface area contributed by atoms with Gasteiger partial charge in [-0.05, 0) is 43.0 Å². The predicted octanol–water partition coefficient (Wildman–Crippen LogP) is 4.21. The van der Waals surface area contributed by atoms with Crippen molar-refractivity contribution in [1.29, 1.82) is 0 Å². The van der Waals surface area contributed by atoms with Crippen LogP contribution >= 0.6 is 9.24 Å². The number of fused-ring (bicyclic) bond motifs is 1. The van der Waals surface area contributed by atoms with Gasteiger partial charge in [0.1, 0.15) is 0 Å². The zero-order chi connectivity index (χ0) is 20.0. The number of hydrogen-bond donors (Lipinski definition) is 3. The summed E-state index contributed by atoms with van der Waals surface area (Å²) in [7, 11) is 3.10. The fourth-order valence-electron chi connectivity index (χ4n) is 2.92. The number of aryl methyl sites for hydroxylation is 2. The third-order valence-electron chi connectivity index (χ3n) is 4.34. The van der Waals surface area contributed by atoms with Gasteiger partial charge >= 0.3 is 6.03 Å². The van der Waals surface area contributed by atoms with E-state index in [0.717, 1.165) is 29.7 Å². The van der Waals surface area contributed by atoms with Gasteiger partial charge in [0, 0.05) is 24.7 Å². The lowest BCUT2D eigenvalue weighted by atomic mass is 9.88. The van der Waals surface area contributed by atoms with Crippen LogP contribution in [0.1, 0.15) is 28.7 Å². The molecule has 0 saturated carbocycles. The lowest BCUT2D eigenvalue weighted by molar-refractivity contribution is 0.104. The number of halogens is 2. The summed E-state index contributed by atoms with van der Waals surface area (Å²) >= 11 is 0. The number of hydrogen-bond acceptors (Lipinski definition) is 2. The highest BCUT2D eigenvalue weighted by Crippen LogP contribution is 2.34. The molecular weight excluding hydrogens is 369 g/mol. The van der Waals surface area contributed by atoms with Gasteiger partial charge in [-0.15, -0.1) is 0 Å². The van der Waals surface area contributed by atoms with Crippen LogP contribution in [0.2, 0.25) is 0 Å². The van der Waals surface area contributed by atoms with E-state index in [0.29, 0.717) is 6.42 Å². The molecule has 0 heterocycles. The van der Waals surface area contributed by atoms with Gasteiger partial charge in [-0.25, -0.2) is 4.79 Å². The lowest BCUT2D eigenvalue weighted by Gasteiger charge is -2.23. The van der Waals surface area contributed by atoms with Gasteiger partial charge in [0.25, 0.3) is 5.66 Å². The highest BCUT2D eigenvalue weighted by atomic mass is 31.0. The van der Waals surface area contributed by atoms with Crippen LogP contribution in [0.15, 0.2) is 42.5 Å². The number of aliphatic hydroxyl groups is 1. The van der Waals surface area contributed by atoms with Crippen molar-refractivity contribution >= 4 is 21.0 Å². The van der Waals surface area contributed by atoms with E-state index in [1.807, 2.05) is 12.1 Å². The van der Waals surface area contributed by atoms with Gasteiger partial charge in [-0.2, -0.15) is 8.78 Å². The standard InChI is InChI=1S/C12H16N2O2.C8H9F2P/c1-13-12(16)14-11-4-2-3-8-5-6-9(15)7-10(8)11;1-6-3-2-4-7(5-6)8(9,10)11/h2-4,9,15H,5-7H2,1H3,(H2,13,14,16);2-5H,11H2,1H3. The molecule has 2 atom stereocenters. The molecule has 0 spiro atoms. The first-order valence-electron chi connectivity index (χ1n) is 8.72. The van der Waals surface area contributed by atoms with Crippen LogP contribution in [0.5, 0.6) is 0 Å². The van der Waals surface area contributed by atoms with E-state index < -0.39 is 5.66 Å². The van der Waals surface area contributed by atoms with Gasteiger partial charge in [0.2, 0.25) is 0 Å². The molecule has 2 unspecified atom stereocenters. The minimum Gasteiger partial charge on any atom is -0.393 e. The summed E-state index contributed by atoms with van der Waals surface area (Å²) in [6.07, 6.45) is 2.01. The van der Waals surface area contributed by atoms with Crippen molar-refractivity contribution < 1.29 is 18.7 Å². The summed E-state index contributed by atoms with van der Waals surface area (Å²) in [4.78, 5) is 11.3. The van der Waals surface area contributed by atoms with Gasteiger partial charge in [0.05, 0.1) is 6.10 Å². The maximum atomic E-state index is 12.6. The second kappa shape index (κ2) is 9.25. The van der Waals surface area contributed by atoms with Gasteiger partial charge < -0.3 is 15.7 Å². The highest BCUT2D eigenvalue weighted by Gasteiger charge is 2.23. The van der Waals surface area contributed by atoms with E-state index >= 15 is 0 Å². The van der Waals surface area contributed by atoms with Crippen LogP contribution in [-0.4, -0.2) is 24.3 Å². The fraction of sp³-hybridized carbons (Fsp3) is 0.350. The zero-order valence-electron chi connectivity index (χ0n) is 15.4. The van der Waals surface area contributed by atoms with Crippen molar-refractivity contribution in [1.82, 2.24) is 5.32 Å². The van der Waals surface area contributed by atoms with Crippen LogP contribution in [-0.2, 0) is 18.5 Å². The number of amides is 2. The van der Waals surface area contributed by atoms with Crippen LogP contribution in [0.25, 0.3) is 0 Å². The van der Waals surface area contributed by atoms with Crippen molar-refractivity contribution in [3.05, 3.63) is 64.7 Å². The number of urea groups is 1. The first-order chi connectivity index (χ1) is 12.7. The molecule has 0 bridgehead atoms. The summed E-state index contributed by atoms with van der Waals surface area (Å²) in [6.45, 7) is 1.79. The lowest BCUT2D eigenvalue weighted by Crippen LogP contribution is -2.27. The van der Waals surface area contributed by atoms with E-state index in [9.17, 15) is 18.7 Å². The molecular formula is C20H25F2N2O2P. The maximum absolute atomic E-state index is 12.6. The van der Waals surface area contributed by atoms with Crippen LogP contribution in [0.4, 0.5) is 19.3 Å². The average molecular weight is 394 g/mol. The number of rotatable bonds is 2. The number of aliphatic hydroxyl groups excluding tert-OH is 1. The van der Waals surface area contributed by atoms with E-state index in [1.54, 1.807) is 26.1 Å². The van der Waals surface area contributed by atoms with Crippen LogP contribution < -0.4 is 10.6 Å². The molecule has 3 rings (SSSR count). The molecule has 1 aliphatic rings. The smallest absolute Gasteiger partial charge is 0.318 e. The van der Waals surface area contributed by atoms with Crippen LogP contribution in [0.3, 0.4) is 0 Å². The Kier molecular flexibility index (Phi) is 7.28. The average Bonchev–Trinajstić information content (AvgIpc) is 2.62. The predicted molar refractivity (Wildman–Crippen MR) is 107 cm³/mol. The topological polar surface area (TPSA) is 61.4 Å². The minimum atomic E-state index is -2.80. The van der Waals surface area contributed by atoms with Crippen molar-refractivity contribution in [2.75, 3.05) is 12.4 Å². The molecule has 0 radical (unpaired) electrons. The Hall–Kier alpha value is -2.04. The Bertz CT molecular complexity index is 794. The molecule has 27 heavy (non-hydrogen) atoms. The Morgan fingerprint density at radius 1 is 1.26 bits per heavy atom. The first kappa shape index (κ1) is 21.3. The molecule has 0 aliphatic heterocycles. The Labute approximate surface area is 160 Å². The number of carbonyl (C=O) groups is 1. The monoisotopic (exact) mass is 394 g/mol. The number of nitrogens with one attached hydrogen (secondary N) is 2. The quantitative estimate of drug-likeness (QED) is 0.669. The molecule has 2 aromatic carbocycles. The van der Waals surface area contributed by atoms with E-state index in [-0.39, 0.29) is 17.7 Å². The zero-order valence-corrected chi connectivity index (χ0v) is 16.6. The highest BCUT2D eigenvalue weighted by molar-refractivity contribution is 7.17. The summed E-state index contributed by atoms with van der Waals surface area (Å²) < 4.78 is 25.2. The normalized spacial score (nSPS) is 15.9. The molecule has 0 fully saturated rings. The third-order valence-corrected chi connectivity index (χ3v) is 4.67. The molecule has 7 heteroatoms. The Morgan fingerprint density at radius 3 is 2.56 bits per heavy atom. The van der Waals surface area contributed by atoms with Gasteiger partial charge in [-0.3, -0.25) is 0 Å². The number of benzene rings is 2. The minimum absolute atomic E-state index is 0.0440. The first-order valence-corrected chi connectivity index (χ1v) is 9.30. The van der Waals surface area contributed by atoms with E-state index in [4.69, 9.17) is 0 Å². The summed E-state index contributed by atoms with van der Waals surface area (Å²) in [5.74, 6) is 0. The van der Waals surface area contributed by atoms with Crippen molar-refractivity contribution in [3.8, 4) is 0 Å². The SMILES string of the molecule is CNC(=O)Nc1cccc2c1CC(O)CC2.Cc1cccc(C(F)(F)P)c1. The summed E-state index contributed by atoms with van der Waals surface area (Å²) in [6, 6.07) is 11.9. The summed E-state index contributed by atoms with van der Waals surface area (Å²) in [5.41, 5.74) is 1.18. The maximum Gasteiger partial charge on any atom is 0.318 e. The van der Waals surface area contributed by atoms with E-state index in [2.05, 4.69) is 16.7 Å². The molecule has 2 aromatic rings. The fourth-order valence-corrected chi connectivity index (χ4v) is 3.10. The third kappa shape index (κ3) is 6.26. The molecule has 4 nitrogen and oxygen atoms in total. The molecule has 0 aromatic heterocycles. The molecule has 1 aliphatic carbocycles. The van der Waals surface area contributed by atoms with Crippen molar-refractivity contribution in [3.63, 3.8) is 0 Å². The summed E-state index contributed by atoms with van der Waals surface area (Å²) in [5, 5.41) is 14.9. The number of alkyl halides is 2. The second-order valence-corrected chi connectivity index (χ2v) is 7.26. The van der Waals surface area contributed by atoms with Crippen LogP contribution in [0, 0.1) is 6.92 Å². The van der Waals surface area contributed by atoms with E-state index in [1.165, 1.54) is 26.9 Å². The molecule has 2 amide bonds. The Balaban J connectivity index is 0.000000208. The van der Waals surface area contributed by atoms with Crippen molar-refractivity contribution in [2.45, 2.75) is 38.0 Å². The van der Waals surface area contributed by atoms with Crippen molar-refractivity contribution in [2.24, 2.45) is 0 Å². The number of carbonyl (C=O) groups excluding carboxylic acids is 1. The van der Waals surface area contributed by atoms with Gasteiger partial charge in [0.15, 0.2) is 0 Å². The molecule has 146 valence electrons. The largest absolute Gasteiger partial charge is 0.393 e. The second-order valence-electron chi connectivity index (χ2n) is 6.54. The van der Waals surface area contributed by atoms with Gasteiger partial charge in [-0.1, -0.05) is 45.1 Å². The number of anilines is 1. The Morgan fingerprint density at radius 2 is 1.96 bits per heavy atom. The molecule has 3 N–H and O–H groups in total. The molecule has 0 saturated heterocycles.